The third-order valence-electron chi connectivity index (χ3n) is 2.17. The topological polar surface area (TPSA) is 68.4 Å². The molecule has 0 aliphatic carbocycles. The standard InChI is InChI=1S/C11H18N2O2/c1-3-9(14)7-15-11-5-4-8(2)13-10(11)6-12/h4-5,9,14H,3,6-7,12H2,1-2H3. The number of hydrogen-bond acceptors (Lipinski definition) is 4. The summed E-state index contributed by atoms with van der Waals surface area (Å²) in [5.74, 6) is 0.663. The maximum atomic E-state index is 9.36. The van der Waals surface area contributed by atoms with Gasteiger partial charge < -0.3 is 15.6 Å². The van der Waals surface area contributed by atoms with Crippen LogP contribution in [0.15, 0.2) is 12.1 Å². The van der Waals surface area contributed by atoms with Gasteiger partial charge in [0.2, 0.25) is 0 Å². The minimum atomic E-state index is -0.433. The molecular weight excluding hydrogens is 192 g/mol. The Labute approximate surface area is 90.1 Å². The largest absolute Gasteiger partial charge is 0.489 e. The summed E-state index contributed by atoms with van der Waals surface area (Å²) in [5.41, 5.74) is 7.20. The Bertz CT molecular complexity index is 315. The van der Waals surface area contributed by atoms with Gasteiger partial charge in [0.05, 0.1) is 11.8 Å². The molecule has 1 rings (SSSR count). The summed E-state index contributed by atoms with van der Waals surface area (Å²) in [6.07, 6.45) is 0.244. The maximum Gasteiger partial charge on any atom is 0.142 e. The molecule has 0 aliphatic rings. The quantitative estimate of drug-likeness (QED) is 0.760. The Morgan fingerprint density at radius 3 is 2.87 bits per heavy atom. The molecule has 1 aromatic rings. The number of nitrogens with two attached hydrogens (primary N) is 1. The zero-order valence-electron chi connectivity index (χ0n) is 9.23. The average molecular weight is 210 g/mol. The molecule has 4 heteroatoms. The van der Waals surface area contributed by atoms with Crippen LogP contribution in [0.3, 0.4) is 0 Å². The minimum absolute atomic E-state index is 0.286. The van der Waals surface area contributed by atoms with Crippen LogP contribution < -0.4 is 10.5 Å². The van der Waals surface area contributed by atoms with E-state index in [1.807, 2.05) is 26.0 Å². The van der Waals surface area contributed by atoms with Gasteiger partial charge in [-0.15, -0.1) is 0 Å². The molecule has 0 fully saturated rings. The molecular formula is C11H18N2O2. The lowest BCUT2D eigenvalue weighted by Crippen LogP contribution is -2.17. The van der Waals surface area contributed by atoms with E-state index in [4.69, 9.17) is 10.5 Å². The summed E-state index contributed by atoms with van der Waals surface area (Å²) in [7, 11) is 0. The fourth-order valence-corrected chi connectivity index (χ4v) is 1.18. The third-order valence-corrected chi connectivity index (χ3v) is 2.17. The molecule has 0 saturated carbocycles. The molecule has 1 atom stereocenters. The first-order valence-electron chi connectivity index (χ1n) is 5.14. The van der Waals surface area contributed by atoms with Gasteiger partial charge in [0.1, 0.15) is 12.4 Å². The summed E-state index contributed by atoms with van der Waals surface area (Å²) < 4.78 is 5.44. The highest BCUT2D eigenvalue weighted by molar-refractivity contribution is 5.29. The number of nitrogens with zero attached hydrogens (tertiary/aromatic N) is 1. The van der Waals surface area contributed by atoms with E-state index in [0.29, 0.717) is 18.7 Å². The molecule has 0 saturated heterocycles. The summed E-state index contributed by atoms with van der Waals surface area (Å²) in [4.78, 5) is 4.26. The Kier molecular flexibility index (Phi) is 4.52. The first kappa shape index (κ1) is 11.9. The summed E-state index contributed by atoms with van der Waals surface area (Å²) >= 11 is 0. The molecule has 15 heavy (non-hydrogen) atoms. The van der Waals surface area contributed by atoms with Crippen molar-refractivity contribution in [1.29, 1.82) is 0 Å². The normalized spacial score (nSPS) is 12.5. The van der Waals surface area contributed by atoms with Gasteiger partial charge in [0.15, 0.2) is 0 Å². The van der Waals surface area contributed by atoms with Gasteiger partial charge >= 0.3 is 0 Å². The van der Waals surface area contributed by atoms with Crippen molar-refractivity contribution in [2.45, 2.75) is 32.9 Å². The zero-order chi connectivity index (χ0) is 11.3. The SMILES string of the molecule is CCC(O)COc1ccc(C)nc1CN. The van der Waals surface area contributed by atoms with Crippen molar-refractivity contribution < 1.29 is 9.84 Å². The van der Waals surface area contributed by atoms with E-state index in [9.17, 15) is 5.11 Å². The Hall–Kier alpha value is -1.13. The maximum absolute atomic E-state index is 9.36. The lowest BCUT2D eigenvalue weighted by atomic mass is 10.2. The fraction of sp³-hybridized carbons (Fsp3) is 0.545. The Balaban J connectivity index is 2.67. The molecule has 0 amide bonds. The highest BCUT2D eigenvalue weighted by atomic mass is 16.5. The van der Waals surface area contributed by atoms with E-state index in [0.717, 1.165) is 11.4 Å². The van der Waals surface area contributed by atoms with E-state index in [2.05, 4.69) is 4.98 Å². The number of rotatable bonds is 5. The number of aromatic nitrogens is 1. The van der Waals surface area contributed by atoms with Crippen molar-refractivity contribution >= 4 is 0 Å². The van der Waals surface area contributed by atoms with Crippen molar-refractivity contribution in [2.24, 2.45) is 5.73 Å². The number of pyridine rings is 1. The molecule has 1 heterocycles. The van der Waals surface area contributed by atoms with Crippen LogP contribution in [-0.2, 0) is 6.54 Å². The van der Waals surface area contributed by atoms with Crippen LogP contribution in [0.2, 0.25) is 0 Å². The zero-order valence-corrected chi connectivity index (χ0v) is 9.23. The molecule has 3 N–H and O–H groups in total. The lowest BCUT2D eigenvalue weighted by molar-refractivity contribution is 0.103. The first-order valence-corrected chi connectivity index (χ1v) is 5.14. The number of aliphatic hydroxyl groups is 1. The Morgan fingerprint density at radius 1 is 1.53 bits per heavy atom. The van der Waals surface area contributed by atoms with Crippen LogP contribution in [0, 0.1) is 6.92 Å². The summed E-state index contributed by atoms with van der Waals surface area (Å²) in [6, 6.07) is 3.71. The van der Waals surface area contributed by atoms with Crippen molar-refractivity contribution in [3.8, 4) is 5.75 Å². The Morgan fingerprint density at radius 2 is 2.27 bits per heavy atom. The van der Waals surface area contributed by atoms with Crippen LogP contribution in [-0.4, -0.2) is 22.8 Å². The smallest absolute Gasteiger partial charge is 0.142 e. The van der Waals surface area contributed by atoms with Gasteiger partial charge in [0, 0.05) is 12.2 Å². The molecule has 4 nitrogen and oxygen atoms in total. The highest BCUT2D eigenvalue weighted by Crippen LogP contribution is 2.16. The van der Waals surface area contributed by atoms with Gasteiger partial charge in [-0.2, -0.15) is 0 Å². The van der Waals surface area contributed by atoms with Crippen LogP contribution in [0.25, 0.3) is 0 Å². The van der Waals surface area contributed by atoms with Crippen molar-refractivity contribution in [2.75, 3.05) is 6.61 Å². The fourth-order valence-electron chi connectivity index (χ4n) is 1.18. The average Bonchev–Trinajstić information content (AvgIpc) is 2.26. The molecule has 0 spiro atoms. The molecule has 0 aliphatic heterocycles. The number of hydrogen-bond donors (Lipinski definition) is 2. The third kappa shape index (κ3) is 3.49. The number of aryl methyl sites for hydroxylation is 1. The lowest BCUT2D eigenvalue weighted by Gasteiger charge is -2.12. The van der Waals surface area contributed by atoms with Crippen LogP contribution in [0.5, 0.6) is 5.75 Å². The highest BCUT2D eigenvalue weighted by Gasteiger charge is 2.06. The van der Waals surface area contributed by atoms with Gasteiger partial charge in [-0.1, -0.05) is 6.92 Å². The second-order valence-electron chi connectivity index (χ2n) is 3.47. The van der Waals surface area contributed by atoms with E-state index >= 15 is 0 Å². The van der Waals surface area contributed by atoms with Crippen molar-refractivity contribution in [3.63, 3.8) is 0 Å². The second kappa shape index (κ2) is 5.68. The molecule has 0 radical (unpaired) electrons. The first-order chi connectivity index (χ1) is 7.17. The summed E-state index contributed by atoms with van der Waals surface area (Å²) in [6.45, 7) is 4.45. The second-order valence-corrected chi connectivity index (χ2v) is 3.47. The van der Waals surface area contributed by atoms with E-state index in [1.54, 1.807) is 0 Å². The van der Waals surface area contributed by atoms with E-state index < -0.39 is 6.10 Å². The van der Waals surface area contributed by atoms with Gasteiger partial charge in [-0.3, -0.25) is 4.98 Å². The van der Waals surface area contributed by atoms with Gasteiger partial charge in [-0.05, 0) is 25.5 Å². The van der Waals surface area contributed by atoms with E-state index in [-0.39, 0.29) is 6.61 Å². The number of aliphatic hydroxyl groups excluding tert-OH is 1. The number of ether oxygens (including phenoxy) is 1. The molecule has 1 aromatic heterocycles. The van der Waals surface area contributed by atoms with Crippen LogP contribution in [0.4, 0.5) is 0 Å². The van der Waals surface area contributed by atoms with Gasteiger partial charge in [-0.25, -0.2) is 0 Å². The predicted molar refractivity (Wildman–Crippen MR) is 58.7 cm³/mol. The molecule has 0 aromatic carbocycles. The molecule has 0 bridgehead atoms. The van der Waals surface area contributed by atoms with Crippen molar-refractivity contribution in [3.05, 3.63) is 23.5 Å². The van der Waals surface area contributed by atoms with Gasteiger partial charge in [0.25, 0.3) is 0 Å². The van der Waals surface area contributed by atoms with Crippen LogP contribution >= 0.6 is 0 Å². The predicted octanol–water partition coefficient (Wildman–Crippen LogP) is 0.998. The monoisotopic (exact) mass is 210 g/mol. The van der Waals surface area contributed by atoms with Crippen LogP contribution in [0.1, 0.15) is 24.7 Å². The summed E-state index contributed by atoms with van der Waals surface area (Å²) in [5, 5.41) is 9.36. The molecule has 84 valence electrons. The van der Waals surface area contributed by atoms with E-state index in [1.165, 1.54) is 0 Å². The minimum Gasteiger partial charge on any atom is -0.489 e. The molecule has 1 unspecified atom stereocenters. The van der Waals surface area contributed by atoms with Crippen molar-refractivity contribution in [1.82, 2.24) is 4.98 Å².